The first-order valence-corrected chi connectivity index (χ1v) is 9.30. The molecule has 0 saturated heterocycles. The molecule has 1 aliphatic heterocycles. The summed E-state index contributed by atoms with van der Waals surface area (Å²) < 4.78 is 10.5. The third-order valence-corrected chi connectivity index (χ3v) is 5.69. The number of ether oxygens (including phenoxy) is 2. The van der Waals surface area contributed by atoms with E-state index in [2.05, 4.69) is 28.6 Å². The Hall–Kier alpha value is -2.05. The molecule has 1 aliphatic rings. The molecule has 0 spiro atoms. The molecule has 1 amide bonds. The fourth-order valence-electron chi connectivity index (χ4n) is 3.10. The minimum atomic E-state index is -0.0963. The van der Waals surface area contributed by atoms with Crippen molar-refractivity contribution in [2.75, 3.05) is 27.3 Å². The highest BCUT2D eigenvalue weighted by molar-refractivity contribution is 7.10. The van der Waals surface area contributed by atoms with Crippen LogP contribution in [-0.2, 0) is 13.0 Å². The van der Waals surface area contributed by atoms with E-state index in [0.717, 1.165) is 19.5 Å². The quantitative estimate of drug-likeness (QED) is 0.861. The monoisotopic (exact) mass is 360 g/mol. The van der Waals surface area contributed by atoms with Crippen LogP contribution in [0.3, 0.4) is 0 Å². The van der Waals surface area contributed by atoms with Gasteiger partial charge in [-0.15, -0.1) is 11.3 Å². The van der Waals surface area contributed by atoms with Gasteiger partial charge in [0.15, 0.2) is 11.5 Å². The van der Waals surface area contributed by atoms with Gasteiger partial charge in [0.05, 0.1) is 14.2 Å². The van der Waals surface area contributed by atoms with Crippen molar-refractivity contribution in [2.24, 2.45) is 0 Å². The highest BCUT2D eigenvalue weighted by atomic mass is 32.1. The zero-order chi connectivity index (χ0) is 17.8. The van der Waals surface area contributed by atoms with Crippen LogP contribution >= 0.6 is 11.3 Å². The number of carbonyl (C=O) groups excluding carboxylic acids is 1. The van der Waals surface area contributed by atoms with Crippen LogP contribution in [0.5, 0.6) is 11.5 Å². The summed E-state index contributed by atoms with van der Waals surface area (Å²) in [6.45, 7) is 4.78. The van der Waals surface area contributed by atoms with Crippen LogP contribution in [0.1, 0.15) is 27.7 Å². The van der Waals surface area contributed by atoms with Crippen molar-refractivity contribution in [1.82, 2.24) is 10.2 Å². The molecule has 3 rings (SSSR count). The summed E-state index contributed by atoms with van der Waals surface area (Å²) in [7, 11) is 3.15. The fourth-order valence-corrected chi connectivity index (χ4v) is 3.99. The van der Waals surface area contributed by atoms with Gasteiger partial charge >= 0.3 is 0 Å². The van der Waals surface area contributed by atoms with Crippen LogP contribution in [-0.4, -0.2) is 44.2 Å². The van der Waals surface area contributed by atoms with Gasteiger partial charge in [-0.3, -0.25) is 9.69 Å². The minimum Gasteiger partial charge on any atom is -0.493 e. The van der Waals surface area contributed by atoms with E-state index < -0.39 is 0 Å². The third-order valence-electron chi connectivity index (χ3n) is 4.66. The second-order valence-corrected chi connectivity index (χ2v) is 7.22. The van der Waals surface area contributed by atoms with Crippen LogP contribution in [0, 0.1) is 0 Å². The van der Waals surface area contributed by atoms with E-state index in [0.29, 0.717) is 23.6 Å². The van der Waals surface area contributed by atoms with Gasteiger partial charge in [0.2, 0.25) is 0 Å². The standard InChI is InChI=1S/C19H24N2O3S/c1-13(21-8-6-18-15(12-21)7-9-25-18)11-20-19(22)14-4-5-16(23-2)17(10-14)24-3/h4-5,7,9-10,13H,6,8,11-12H2,1-3H3,(H,20,22). The van der Waals surface area contributed by atoms with Gasteiger partial charge in [0.1, 0.15) is 0 Å². The smallest absolute Gasteiger partial charge is 0.251 e. The number of fused-ring (bicyclic) bond motifs is 1. The molecule has 0 saturated carbocycles. The molecule has 2 aromatic rings. The maximum atomic E-state index is 12.4. The Morgan fingerprint density at radius 3 is 2.84 bits per heavy atom. The van der Waals surface area contributed by atoms with E-state index in [1.54, 1.807) is 32.4 Å². The van der Waals surface area contributed by atoms with E-state index >= 15 is 0 Å². The predicted molar refractivity (Wildman–Crippen MR) is 99.8 cm³/mol. The summed E-state index contributed by atoms with van der Waals surface area (Å²) in [5.74, 6) is 1.08. The van der Waals surface area contributed by atoms with Crippen LogP contribution in [0.15, 0.2) is 29.6 Å². The normalized spacial score (nSPS) is 15.3. The molecular weight excluding hydrogens is 336 g/mol. The van der Waals surface area contributed by atoms with Gasteiger partial charge in [0.25, 0.3) is 5.91 Å². The summed E-state index contributed by atoms with van der Waals surface area (Å²) in [4.78, 5) is 16.4. The number of rotatable bonds is 6. The molecule has 1 aromatic carbocycles. The average Bonchev–Trinajstić information content (AvgIpc) is 3.12. The maximum Gasteiger partial charge on any atom is 0.251 e. The zero-order valence-electron chi connectivity index (χ0n) is 14.9. The number of hydrogen-bond acceptors (Lipinski definition) is 5. The van der Waals surface area contributed by atoms with Crippen molar-refractivity contribution in [2.45, 2.75) is 25.9 Å². The Bertz CT molecular complexity index is 744. The van der Waals surface area contributed by atoms with Gasteiger partial charge in [0, 0.05) is 36.1 Å². The molecule has 0 aliphatic carbocycles. The van der Waals surface area contributed by atoms with Gasteiger partial charge < -0.3 is 14.8 Å². The van der Waals surface area contributed by atoms with Crippen LogP contribution in [0.4, 0.5) is 0 Å². The lowest BCUT2D eigenvalue weighted by Gasteiger charge is -2.32. The fraction of sp³-hybridized carbons (Fsp3) is 0.421. The van der Waals surface area contributed by atoms with Crippen molar-refractivity contribution in [3.63, 3.8) is 0 Å². The van der Waals surface area contributed by atoms with E-state index in [9.17, 15) is 4.79 Å². The Labute approximate surface area is 152 Å². The van der Waals surface area contributed by atoms with Crippen molar-refractivity contribution < 1.29 is 14.3 Å². The lowest BCUT2D eigenvalue weighted by molar-refractivity contribution is 0.0932. The van der Waals surface area contributed by atoms with Crippen molar-refractivity contribution in [3.05, 3.63) is 45.6 Å². The Morgan fingerprint density at radius 1 is 1.28 bits per heavy atom. The second-order valence-electron chi connectivity index (χ2n) is 6.22. The SMILES string of the molecule is COc1ccc(C(=O)NCC(C)N2CCc3sccc3C2)cc1OC. The molecule has 1 aromatic heterocycles. The van der Waals surface area contributed by atoms with Crippen molar-refractivity contribution in [1.29, 1.82) is 0 Å². The lowest BCUT2D eigenvalue weighted by Crippen LogP contribution is -2.44. The molecular formula is C19H24N2O3S. The molecule has 6 heteroatoms. The van der Waals surface area contributed by atoms with Gasteiger partial charge in [-0.1, -0.05) is 0 Å². The lowest BCUT2D eigenvalue weighted by atomic mass is 10.1. The average molecular weight is 360 g/mol. The van der Waals surface area contributed by atoms with Crippen LogP contribution < -0.4 is 14.8 Å². The predicted octanol–water partition coefficient (Wildman–Crippen LogP) is 2.94. The molecule has 0 radical (unpaired) electrons. The molecule has 1 unspecified atom stereocenters. The highest BCUT2D eigenvalue weighted by Crippen LogP contribution is 2.27. The van der Waals surface area contributed by atoms with Crippen molar-refractivity contribution >= 4 is 17.2 Å². The van der Waals surface area contributed by atoms with E-state index in [1.165, 1.54) is 10.4 Å². The summed E-state index contributed by atoms with van der Waals surface area (Å²) in [6, 6.07) is 7.70. The van der Waals surface area contributed by atoms with Gasteiger partial charge in [-0.05, 0) is 48.6 Å². The summed E-state index contributed by atoms with van der Waals surface area (Å²) >= 11 is 1.84. The van der Waals surface area contributed by atoms with E-state index in [4.69, 9.17) is 9.47 Å². The van der Waals surface area contributed by atoms with Crippen LogP contribution in [0.2, 0.25) is 0 Å². The number of thiophene rings is 1. The van der Waals surface area contributed by atoms with E-state index in [-0.39, 0.29) is 11.9 Å². The second kappa shape index (κ2) is 7.89. The first kappa shape index (κ1) is 17.8. The Kier molecular flexibility index (Phi) is 5.60. The number of methoxy groups -OCH3 is 2. The number of benzene rings is 1. The first-order valence-electron chi connectivity index (χ1n) is 8.42. The van der Waals surface area contributed by atoms with E-state index in [1.807, 2.05) is 11.3 Å². The zero-order valence-corrected chi connectivity index (χ0v) is 15.7. The number of amides is 1. The summed E-state index contributed by atoms with van der Waals surface area (Å²) in [5.41, 5.74) is 2.00. The Morgan fingerprint density at radius 2 is 2.08 bits per heavy atom. The number of hydrogen-bond donors (Lipinski definition) is 1. The van der Waals surface area contributed by atoms with Gasteiger partial charge in [-0.2, -0.15) is 0 Å². The van der Waals surface area contributed by atoms with Crippen molar-refractivity contribution in [3.8, 4) is 11.5 Å². The molecule has 1 atom stereocenters. The third kappa shape index (κ3) is 3.96. The number of carbonyl (C=O) groups is 1. The molecule has 1 N–H and O–H groups in total. The first-order chi connectivity index (χ1) is 12.1. The Balaban J connectivity index is 1.57. The molecule has 0 bridgehead atoms. The number of nitrogens with zero attached hydrogens (tertiary/aromatic N) is 1. The molecule has 5 nitrogen and oxygen atoms in total. The van der Waals surface area contributed by atoms with Crippen LogP contribution in [0.25, 0.3) is 0 Å². The molecule has 25 heavy (non-hydrogen) atoms. The molecule has 134 valence electrons. The summed E-state index contributed by atoms with van der Waals surface area (Å²) in [6.07, 6.45) is 1.10. The maximum absolute atomic E-state index is 12.4. The highest BCUT2D eigenvalue weighted by Gasteiger charge is 2.22. The molecule has 0 fully saturated rings. The number of nitrogens with one attached hydrogen (secondary N) is 1. The summed E-state index contributed by atoms with van der Waals surface area (Å²) in [5, 5.41) is 5.19. The molecule has 2 heterocycles. The van der Waals surface area contributed by atoms with Gasteiger partial charge in [-0.25, -0.2) is 0 Å². The minimum absolute atomic E-state index is 0.0963. The largest absolute Gasteiger partial charge is 0.493 e. The topological polar surface area (TPSA) is 50.8 Å².